The Kier molecular flexibility index (Phi) is 3.90. The summed E-state index contributed by atoms with van der Waals surface area (Å²) in [6.07, 6.45) is 0.587. The minimum absolute atomic E-state index is 0.105. The predicted molar refractivity (Wildman–Crippen MR) is 80.8 cm³/mol. The van der Waals surface area contributed by atoms with E-state index in [1.807, 2.05) is 24.3 Å². The lowest BCUT2D eigenvalue weighted by atomic mass is 9.95. The van der Waals surface area contributed by atoms with Gasteiger partial charge in [-0.1, -0.05) is 35.9 Å². The van der Waals surface area contributed by atoms with Crippen molar-refractivity contribution in [3.63, 3.8) is 0 Å². The molecule has 2 N–H and O–H groups in total. The van der Waals surface area contributed by atoms with Crippen LogP contribution in [0.15, 0.2) is 42.5 Å². The largest absolute Gasteiger partial charge is 0.322 e. The molecule has 1 amide bonds. The minimum atomic E-state index is -0.496. The van der Waals surface area contributed by atoms with Crippen LogP contribution < -0.4 is 10.6 Å². The topological polar surface area (TPSA) is 41.1 Å². The predicted octanol–water partition coefficient (Wildman–Crippen LogP) is 3.13. The average molecular weight is 305 g/mol. The van der Waals surface area contributed by atoms with Gasteiger partial charge in [0.05, 0.1) is 11.7 Å². The third kappa shape index (κ3) is 3.06. The monoisotopic (exact) mass is 304 g/mol. The van der Waals surface area contributed by atoms with Crippen molar-refractivity contribution < 1.29 is 9.18 Å². The Morgan fingerprint density at radius 3 is 2.81 bits per heavy atom. The third-order valence-electron chi connectivity index (χ3n) is 3.58. The van der Waals surface area contributed by atoms with E-state index in [-0.39, 0.29) is 17.6 Å². The Balaban J connectivity index is 1.74. The summed E-state index contributed by atoms with van der Waals surface area (Å²) in [6, 6.07) is 11.7. The number of benzene rings is 2. The lowest BCUT2D eigenvalue weighted by Crippen LogP contribution is -2.44. The first kappa shape index (κ1) is 14.0. The molecule has 3 nitrogen and oxygen atoms in total. The molecule has 5 heteroatoms. The Morgan fingerprint density at radius 1 is 1.24 bits per heavy atom. The van der Waals surface area contributed by atoms with E-state index in [9.17, 15) is 9.18 Å². The zero-order valence-electron chi connectivity index (χ0n) is 11.2. The molecule has 21 heavy (non-hydrogen) atoms. The van der Waals surface area contributed by atoms with Gasteiger partial charge in [-0.3, -0.25) is 4.79 Å². The van der Waals surface area contributed by atoms with Crippen LogP contribution in [0.1, 0.15) is 11.1 Å². The summed E-state index contributed by atoms with van der Waals surface area (Å²) in [6.45, 7) is 0.631. The summed E-state index contributed by atoms with van der Waals surface area (Å²) in [5.74, 6) is -0.755. The van der Waals surface area contributed by atoms with E-state index >= 15 is 0 Å². The molecule has 0 aromatic heterocycles. The Hall–Kier alpha value is -1.91. The van der Waals surface area contributed by atoms with Crippen molar-refractivity contribution >= 4 is 23.2 Å². The number of rotatable bonds is 2. The van der Waals surface area contributed by atoms with Crippen LogP contribution in [0.3, 0.4) is 0 Å². The maximum Gasteiger partial charge on any atom is 0.241 e. The van der Waals surface area contributed by atoms with Gasteiger partial charge in [-0.15, -0.1) is 0 Å². The molecule has 0 fully saturated rings. The average Bonchev–Trinajstić information content (AvgIpc) is 2.50. The highest BCUT2D eigenvalue weighted by Gasteiger charge is 2.24. The van der Waals surface area contributed by atoms with E-state index in [4.69, 9.17) is 11.6 Å². The number of amides is 1. The molecule has 0 spiro atoms. The van der Waals surface area contributed by atoms with Gasteiger partial charge in [-0.25, -0.2) is 4.39 Å². The van der Waals surface area contributed by atoms with Gasteiger partial charge in [0.15, 0.2) is 0 Å². The van der Waals surface area contributed by atoms with Gasteiger partial charge in [0.2, 0.25) is 5.91 Å². The summed E-state index contributed by atoms with van der Waals surface area (Å²) in [5, 5.41) is 6.14. The fourth-order valence-electron chi connectivity index (χ4n) is 2.45. The number of nitrogens with one attached hydrogen (secondary N) is 2. The zero-order valence-corrected chi connectivity index (χ0v) is 12.0. The summed E-state index contributed by atoms with van der Waals surface area (Å²) in [5.41, 5.74) is 2.44. The summed E-state index contributed by atoms with van der Waals surface area (Å²) >= 11 is 5.82. The first-order chi connectivity index (χ1) is 10.1. The molecule has 1 heterocycles. The van der Waals surface area contributed by atoms with Crippen LogP contribution in [0.5, 0.6) is 0 Å². The number of carbonyl (C=O) groups is 1. The molecule has 0 bridgehead atoms. The van der Waals surface area contributed by atoms with E-state index in [0.29, 0.717) is 18.0 Å². The second-order valence-electron chi connectivity index (χ2n) is 5.02. The number of fused-ring (bicyclic) bond motifs is 1. The molecule has 1 aliphatic rings. The van der Waals surface area contributed by atoms with E-state index in [1.54, 1.807) is 0 Å². The smallest absolute Gasteiger partial charge is 0.241 e. The zero-order chi connectivity index (χ0) is 14.8. The van der Waals surface area contributed by atoms with Gasteiger partial charge >= 0.3 is 0 Å². The molecular weight excluding hydrogens is 291 g/mol. The minimum Gasteiger partial charge on any atom is -0.322 e. The molecule has 1 atom stereocenters. The Bertz CT molecular complexity index is 690. The van der Waals surface area contributed by atoms with Crippen LogP contribution in [0.4, 0.5) is 10.1 Å². The van der Waals surface area contributed by atoms with E-state index in [0.717, 1.165) is 5.56 Å². The number of hydrogen-bond donors (Lipinski definition) is 2. The third-order valence-corrected chi connectivity index (χ3v) is 3.82. The fourth-order valence-corrected chi connectivity index (χ4v) is 2.62. The molecule has 108 valence electrons. The van der Waals surface area contributed by atoms with Gasteiger partial charge in [0.1, 0.15) is 5.82 Å². The lowest BCUT2D eigenvalue weighted by molar-refractivity contribution is -0.118. The standard InChI is InChI=1S/C16H14ClFN2O/c17-12-5-6-13(18)14(8-12)20-16(21)15-7-10-3-1-2-4-11(10)9-19-15/h1-6,8,15,19H,7,9H2,(H,20,21). The van der Waals surface area contributed by atoms with E-state index < -0.39 is 5.82 Å². The molecule has 0 aliphatic carbocycles. The van der Waals surface area contributed by atoms with Crippen LogP contribution in [-0.2, 0) is 17.8 Å². The van der Waals surface area contributed by atoms with Crippen molar-refractivity contribution in [3.8, 4) is 0 Å². The summed E-state index contributed by atoms with van der Waals surface area (Å²) < 4.78 is 13.6. The highest BCUT2D eigenvalue weighted by Crippen LogP contribution is 2.21. The first-order valence-corrected chi connectivity index (χ1v) is 7.07. The maximum atomic E-state index is 13.6. The summed E-state index contributed by atoms with van der Waals surface area (Å²) in [7, 11) is 0. The van der Waals surface area contributed by atoms with Crippen LogP contribution in [0.25, 0.3) is 0 Å². The van der Waals surface area contributed by atoms with Gasteiger partial charge in [-0.2, -0.15) is 0 Å². The van der Waals surface area contributed by atoms with Crippen molar-refractivity contribution in [3.05, 3.63) is 64.4 Å². The molecule has 3 rings (SSSR count). The molecule has 1 unspecified atom stereocenters. The molecule has 0 saturated heterocycles. The van der Waals surface area contributed by atoms with Crippen molar-refractivity contribution in [1.82, 2.24) is 5.32 Å². The highest BCUT2D eigenvalue weighted by atomic mass is 35.5. The van der Waals surface area contributed by atoms with Crippen LogP contribution in [-0.4, -0.2) is 11.9 Å². The lowest BCUT2D eigenvalue weighted by Gasteiger charge is -2.25. The SMILES string of the molecule is O=C(Nc1cc(Cl)ccc1F)C1Cc2ccccc2CN1. The molecule has 2 aromatic rings. The van der Waals surface area contributed by atoms with E-state index in [1.165, 1.54) is 23.8 Å². The Morgan fingerprint density at radius 2 is 2.00 bits per heavy atom. The number of anilines is 1. The van der Waals surface area contributed by atoms with Crippen LogP contribution >= 0.6 is 11.6 Å². The second kappa shape index (κ2) is 5.84. The van der Waals surface area contributed by atoms with Crippen molar-refractivity contribution in [2.45, 2.75) is 19.0 Å². The van der Waals surface area contributed by atoms with Gasteiger partial charge < -0.3 is 10.6 Å². The first-order valence-electron chi connectivity index (χ1n) is 6.69. The quantitative estimate of drug-likeness (QED) is 0.895. The van der Waals surface area contributed by atoms with Gasteiger partial charge in [-0.05, 0) is 35.7 Å². The van der Waals surface area contributed by atoms with Crippen LogP contribution in [0.2, 0.25) is 5.02 Å². The van der Waals surface area contributed by atoms with Crippen molar-refractivity contribution in [2.75, 3.05) is 5.32 Å². The maximum absolute atomic E-state index is 13.6. The van der Waals surface area contributed by atoms with Crippen molar-refractivity contribution in [1.29, 1.82) is 0 Å². The van der Waals surface area contributed by atoms with Gasteiger partial charge in [0, 0.05) is 11.6 Å². The normalized spacial score (nSPS) is 17.1. The number of halogens is 2. The van der Waals surface area contributed by atoms with E-state index in [2.05, 4.69) is 10.6 Å². The molecular formula is C16H14ClFN2O. The molecule has 1 aliphatic heterocycles. The van der Waals surface area contributed by atoms with Crippen LogP contribution in [0, 0.1) is 5.82 Å². The number of carbonyl (C=O) groups excluding carboxylic acids is 1. The molecule has 0 radical (unpaired) electrons. The number of hydrogen-bond acceptors (Lipinski definition) is 2. The molecule has 2 aromatic carbocycles. The van der Waals surface area contributed by atoms with Gasteiger partial charge in [0.25, 0.3) is 0 Å². The second-order valence-corrected chi connectivity index (χ2v) is 5.46. The fraction of sp³-hybridized carbons (Fsp3) is 0.188. The molecule has 0 saturated carbocycles. The highest BCUT2D eigenvalue weighted by molar-refractivity contribution is 6.30. The Labute approximate surface area is 127 Å². The summed E-state index contributed by atoms with van der Waals surface area (Å²) in [4.78, 5) is 12.3. The van der Waals surface area contributed by atoms with Crippen molar-refractivity contribution in [2.24, 2.45) is 0 Å².